The highest BCUT2D eigenvalue weighted by atomic mass is 32.5. The summed E-state index contributed by atoms with van der Waals surface area (Å²) in [4.78, 5) is 17.6. The van der Waals surface area contributed by atoms with Gasteiger partial charge in [0.2, 0.25) is 0 Å². The minimum Gasteiger partial charge on any atom is -0.424 e. The minimum absolute atomic E-state index is 0.383. The summed E-state index contributed by atoms with van der Waals surface area (Å²) >= 11 is 4.30. The van der Waals surface area contributed by atoms with Crippen LogP contribution in [0, 0.1) is 6.92 Å². The monoisotopic (exact) mass is 297 g/mol. The molecule has 0 unspecified atom stereocenters. The summed E-state index contributed by atoms with van der Waals surface area (Å²) < 4.78 is 4.69. The van der Waals surface area contributed by atoms with Gasteiger partial charge in [0.1, 0.15) is 5.75 Å². The van der Waals surface area contributed by atoms with E-state index in [2.05, 4.69) is 17.1 Å². The fraction of sp³-hybridized carbons (Fsp3) is 0.0769. The van der Waals surface area contributed by atoms with Crippen molar-refractivity contribution in [2.45, 2.75) is 6.92 Å². The molecule has 0 radical (unpaired) electrons. The summed E-state index contributed by atoms with van der Waals surface area (Å²) in [6.45, 7) is -1.64. The number of benzene rings is 1. The van der Waals surface area contributed by atoms with E-state index >= 15 is 0 Å². The second-order valence-electron chi connectivity index (χ2n) is 3.66. The fourth-order valence-corrected chi connectivity index (χ4v) is 1.80. The highest BCUT2D eigenvalue weighted by Gasteiger charge is 2.08. The molecule has 1 heterocycles. The van der Waals surface area contributed by atoms with E-state index in [1.54, 1.807) is 24.3 Å². The molecule has 0 aliphatic carbocycles. The predicted molar refractivity (Wildman–Crippen MR) is 81.1 cm³/mol. The predicted octanol–water partition coefficient (Wildman–Crippen LogP) is 2.76. The topological polar surface area (TPSA) is 61.7 Å². The first-order valence-corrected chi connectivity index (χ1v) is 8.16. The van der Waals surface area contributed by atoms with Gasteiger partial charge in [-0.15, -0.1) is 0 Å². The van der Waals surface area contributed by atoms with E-state index in [1.165, 1.54) is 0 Å². The first kappa shape index (κ1) is 15.7. The van der Waals surface area contributed by atoms with Gasteiger partial charge in [-0.25, -0.2) is 0 Å². The number of aryl methyl sites for hydroxylation is 1. The lowest BCUT2D eigenvalue weighted by Gasteiger charge is -2.09. The Bertz CT molecular complexity index is 503. The van der Waals surface area contributed by atoms with E-state index in [-0.39, 0.29) is 0 Å². The van der Waals surface area contributed by atoms with Gasteiger partial charge in [-0.2, -0.15) is 0 Å². The summed E-state index contributed by atoms with van der Waals surface area (Å²) in [5.74, 6) is 0.383. The molecule has 19 heavy (non-hydrogen) atoms. The number of nitrogens with one attached hydrogen (secondary N) is 1. The van der Waals surface area contributed by atoms with Crippen LogP contribution in [0.15, 0.2) is 61.0 Å². The van der Waals surface area contributed by atoms with Crippen LogP contribution in [-0.2, 0) is 11.8 Å². The fourth-order valence-electron chi connectivity index (χ4n) is 1.14. The zero-order chi connectivity index (χ0) is 14.1. The van der Waals surface area contributed by atoms with Gasteiger partial charge in [-0.05, 0) is 31.2 Å². The Kier molecular flexibility index (Phi) is 6.53. The first-order valence-electron chi connectivity index (χ1n) is 5.53. The molecular formula is C13H16NO3PS. The van der Waals surface area contributed by atoms with Crippen LogP contribution in [-0.4, -0.2) is 9.79 Å². The third kappa shape index (κ3) is 8.35. The quantitative estimate of drug-likeness (QED) is 0.733. The van der Waals surface area contributed by atoms with Crippen LogP contribution in [0.2, 0.25) is 0 Å². The Balaban J connectivity index is 0.000000218. The maximum absolute atomic E-state index is 8.80. The molecular weight excluding hydrogens is 281 g/mol. The van der Waals surface area contributed by atoms with Crippen molar-refractivity contribution in [3.05, 3.63) is 66.5 Å². The summed E-state index contributed by atoms with van der Waals surface area (Å²) in [7, 11) is 0. The third-order valence-corrected chi connectivity index (χ3v) is 2.64. The van der Waals surface area contributed by atoms with Crippen molar-refractivity contribution >= 4 is 18.5 Å². The highest BCUT2D eigenvalue weighted by Crippen LogP contribution is 2.37. The molecule has 6 heteroatoms. The molecule has 0 fully saturated rings. The molecule has 4 nitrogen and oxygen atoms in total. The van der Waals surface area contributed by atoms with Crippen LogP contribution in [0.1, 0.15) is 5.56 Å². The summed E-state index contributed by atoms with van der Waals surface area (Å²) in [5, 5.41) is 2.92. The summed E-state index contributed by atoms with van der Waals surface area (Å²) in [6.07, 6.45) is 11.6. The molecule has 2 rings (SSSR count). The van der Waals surface area contributed by atoms with E-state index < -0.39 is 6.72 Å². The zero-order valence-corrected chi connectivity index (χ0v) is 12.1. The van der Waals surface area contributed by atoms with Crippen molar-refractivity contribution in [1.29, 1.82) is 0 Å². The number of allylic oxidation sites excluding steroid dienone is 4. The Morgan fingerprint density at radius 3 is 2.00 bits per heavy atom. The van der Waals surface area contributed by atoms with Crippen molar-refractivity contribution in [2.24, 2.45) is 0 Å². The molecule has 0 aromatic heterocycles. The lowest BCUT2D eigenvalue weighted by molar-refractivity contribution is 0.370. The van der Waals surface area contributed by atoms with Gasteiger partial charge in [0.25, 0.3) is 0 Å². The number of hydrogen-bond donors (Lipinski definition) is 3. The third-order valence-electron chi connectivity index (χ3n) is 1.96. The van der Waals surface area contributed by atoms with Crippen LogP contribution in [0.25, 0.3) is 0 Å². The molecule has 3 N–H and O–H groups in total. The molecule has 0 amide bonds. The lowest BCUT2D eigenvalue weighted by atomic mass is 10.2. The lowest BCUT2D eigenvalue weighted by Crippen LogP contribution is -1.89. The molecule has 0 saturated carbocycles. The van der Waals surface area contributed by atoms with Gasteiger partial charge < -0.3 is 19.6 Å². The Hall–Kier alpha value is -1.39. The number of rotatable bonds is 2. The largest absolute Gasteiger partial charge is 0.424 e. The van der Waals surface area contributed by atoms with E-state index in [0.29, 0.717) is 5.75 Å². The van der Waals surface area contributed by atoms with Crippen LogP contribution in [0.4, 0.5) is 0 Å². The smallest absolute Gasteiger partial charge is 0.375 e. The van der Waals surface area contributed by atoms with Crippen molar-refractivity contribution in [3.8, 4) is 5.75 Å². The Morgan fingerprint density at radius 2 is 1.53 bits per heavy atom. The van der Waals surface area contributed by atoms with E-state index in [4.69, 9.17) is 14.3 Å². The second kappa shape index (κ2) is 7.92. The Morgan fingerprint density at radius 1 is 1.00 bits per heavy atom. The van der Waals surface area contributed by atoms with Gasteiger partial charge in [0.05, 0.1) is 0 Å². The standard InChI is InChI=1S/C7H9O3PS.C6H7N/c1-6-2-4-7(5-3-6)10-11(8,9)12;1-2-4-6-7-5-3-1/h2-5H,1H3,(H2,8,9,12);1-7H. The van der Waals surface area contributed by atoms with Crippen molar-refractivity contribution < 1.29 is 14.3 Å². The SMILES string of the molecule is C1=CC=CNC=C1.Cc1ccc(OP(O)(O)=S)cc1. The summed E-state index contributed by atoms with van der Waals surface area (Å²) in [6, 6.07) is 6.90. The van der Waals surface area contributed by atoms with Crippen molar-refractivity contribution in [1.82, 2.24) is 5.32 Å². The van der Waals surface area contributed by atoms with Gasteiger partial charge in [0, 0.05) is 24.2 Å². The zero-order valence-electron chi connectivity index (χ0n) is 10.4. The van der Waals surface area contributed by atoms with Gasteiger partial charge >= 0.3 is 6.72 Å². The minimum atomic E-state index is -3.57. The van der Waals surface area contributed by atoms with Crippen LogP contribution < -0.4 is 9.84 Å². The van der Waals surface area contributed by atoms with Gasteiger partial charge in [-0.1, -0.05) is 29.8 Å². The van der Waals surface area contributed by atoms with Crippen LogP contribution in [0.5, 0.6) is 5.75 Å². The van der Waals surface area contributed by atoms with Crippen molar-refractivity contribution in [3.63, 3.8) is 0 Å². The van der Waals surface area contributed by atoms with Crippen LogP contribution in [0.3, 0.4) is 0 Å². The van der Waals surface area contributed by atoms with Gasteiger partial charge in [-0.3, -0.25) is 0 Å². The van der Waals surface area contributed by atoms with Gasteiger partial charge in [0.15, 0.2) is 0 Å². The average Bonchev–Trinajstić information content (AvgIpc) is 2.63. The number of hydrogen-bond acceptors (Lipinski definition) is 3. The molecule has 1 aromatic rings. The molecule has 1 aliphatic heterocycles. The van der Waals surface area contributed by atoms with Crippen LogP contribution >= 0.6 is 6.72 Å². The normalized spacial score (nSPS) is 13.0. The Labute approximate surface area is 118 Å². The second-order valence-corrected chi connectivity index (χ2v) is 6.26. The molecule has 1 aromatic carbocycles. The highest BCUT2D eigenvalue weighted by molar-refractivity contribution is 8.06. The molecule has 0 saturated heterocycles. The van der Waals surface area contributed by atoms with E-state index in [1.807, 2.05) is 43.6 Å². The maximum Gasteiger partial charge on any atom is 0.375 e. The summed E-state index contributed by atoms with van der Waals surface area (Å²) in [5.41, 5.74) is 1.08. The first-order chi connectivity index (χ1) is 8.97. The molecule has 1 aliphatic rings. The van der Waals surface area contributed by atoms with E-state index in [0.717, 1.165) is 5.56 Å². The molecule has 0 bridgehead atoms. The molecule has 102 valence electrons. The molecule has 0 atom stereocenters. The maximum atomic E-state index is 8.80. The molecule has 0 spiro atoms. The van der Waals surface area contributed by atoms with Crippen molar-refractivity contribution in [2.75, 3.05) is 0 Å². The van der Waals surface area contributed by atoms with E-state index in [9.17, 15) is 0 Å². The average molecular weight is 297 g/mol.